The summed E-state index contributed by atoms with van der Waals surface area (Å²) in [7, 11) is 0. The maximum absolute atomic E-state index is 13.3. The molecule has 0 amide bonds. The van der Waals surface area contributed by atoms with E-state index >= 15 is 0 Å². The van der Waals surface area contributed by atoms with E-state index < -0.39 is 11.7 Å². The molecule has 6 rings (SSSR count). The molecule has 176 valence electrons. The summed E-state index contributed by atoms with van der Waals surface area (Å²) in [6, 6.07) is 15.4. The van der Waals surface area contributed by atoms with E-state index in [1.165, 1.54) is 17.2 Å². The number of H-pyrrole nitrogens is 1. The van der Waals surface area contributed by atoms with E-state index in [9.17, 15) is 13.2 Å². The molecule has 0 aliphatic carbocycles. The number of fused-ring (bicyclic) bond motifs is 2. The first kappa shape index (κ1) is 21.8. The van der Waals surface area contributed by atoms with Gasteiger partial charge in [-0.15, -0.1) is 5.10 Å². The summed E-state index contributed by atoms with van der Waals surface area (Å²) >= 11 is 5.79. The van der Waals surface area contributed by atoms with Crippen LogP contribution in [0.1, 0.15) is 16.7 Å². The van der Waals surface area contributed by atoms with Gasteiger partial charge < -0.3 is 5.32 Å². The largest absolute Gasteiger partial charge is 0.417 e. The molecule has 0 saturated heterocycles. The molecule has 35 heavy (non-hydrogen) atoms. The topological polar surface area (TPSA) is 71.4 Å². The van der Waals surface area contributed by atoms with Crippen molar-refractivity contribution < 1.29 is 13.2 Å². The Bertz CT molecular complexity index is 1570. The van der Waals surface area contributed by atoms with Gasteiger partial charge in [0.2, 0.25) is 0 Å². The fourth-order valence-corrected chi connectivity index (χ4v) is 4.64. The number of hydrogen-bond acceptors (Lipinski definition) is 4. The van der Waals surface area contributed by atoms with Gasteiger partial charge >= 0.3 is 6.18 Å². The highest BCUT2D eigenvalue weighted by atomic mass is 35.5. The van der Waals surface area contributed by atoms with Crippen LogP contribution in [-0.2, 0) is 19.1 Å². The molecule has 2 aromatic heterocycles. The Kier molecular flexibility index (Phi) is 5.12. The maximum Gasteiger partial charge on any atom is 0.417 e. The predicted molar refractivity (Wildman–Crippen MR) is 127 cm³/mol. The Morgan fingerprint density at radius 1 is 0.943 bits per heavy atom. The lowest BCUT2D eigenvalue weighted by Gasteiger charge is -2.17. The zero-order valence-electron chi connectivity index (χ0n) is 18.2. The van der Waals surface area contributed by atoms with Crippen LogP contribution < -0.4 is 5.32 Å². The summed E-state index contributed by atoms with van der Waals surface area (Å²) in [5.41, 5.74) is 5.47. The van der Waals surface area contributed by atoms with Crippen molar-refractivity contribution in [3.05, 3.63) is 82.5 Å². The van der Waals surface area contributed by atoms with Crippen LogP contribution >= 0.6 is 11.6 Å². The molecule has 0 radical (unpaired) electrons. The molecule has 1 aliphatic heterocycles. The molecule has 3 heterocycles. The van der Waals surface area contributed by atoms with Gasteiger partial charge in [0, 0.05) is 11.9 Å². The van der Waals surface area contributed by atoms with Crippen LogP contribution in [0.2, 0.25) is 5.02 Å². The molecule has 6 nitrogen and oxygen atoms in total. The van der Waals surface area contributed by atoms with Crippen molar-refractivity contribution in [2.75, 3.05) is 6.54 Å². The molecule has 0 unspecified atom stereocenters. The van der Waals surface area contributed by atoms with Gasteiger partial charge in [-0.25, -0.2) is 4.68 Å². The van der Waals surface area contributed by atoms with Crippen molar-refractivity contribution in [2.24, 2.45) is 0 Å². The number of hydrogen-bond donors (Lipinski definition) is 2. The maximum atomic E-state index is 13.3. The summed E-state index contributed by atoms with van der Waals surface area (Å²) in [5, 5.41) is 19.7. The highest BCUT2D eigenvalue weighted by Gasteiger charge is 2.33. The Hall–Kier alpha value is -3.69. The quantitative estimate of drug-likeness (QED) is 0.333. The van der Waals surface area contributed by atoms with Gasteiger partial charge in [-0.2, -0.15) is 18.3 Å². The van der Waals surface area contributed by atoms with Crippen LogP contribution in [0.5, 0.6) is 0 Å². The number of aromatic amines is 1. The highest BCUT2D eigenvalue weighted by Crippen LogP contribution is 2.38. The molecule has 1 aliphatic rings. The van der Waals surface area contributed by atoms with Crippen LogP contribution in [0.3, 0.4) is 0 Å². The SMILES string of the molecule is FC(F)(F)c1cc(-c2ccc3[nH]nc(-c4cn(-c5ccc6c(c5)CNCC6)nn4)c3c2)ccc1Cl. The van der Waals surface area contributed by atoms with Crippen molar-refractivity contribution >= 4 is 22.5 Å². The van der Waals surface area contributed by atoms with E-state index in [1.807, 2.05) is 6.07 Å². The third-order valence-electron chi connectivity index (χ3n) is 6.24. The number of nitrogens with zero attached hydrogens (tertiary/aromatic N) is 4. The van der Waals surface area contributed by atoms with Gasteiger partial charge in [0.15, 0.2) is 0 Å². The smallest absolute Gasteiger partial charge is 0.312 e. The highest BCUT2D eigenvalue weighted by molar-refractivity contribution is 6.31. The van der Waals surface area contributed by atoms with Crippen molar-refractivity contribution in [2.45, 2.75) is 19.1 Å². The number of alkyl halides is 3. The first-order valence-corrected chi connectivity index (χ1v) is 11.4. The lowest BCUT2D eigenvalue weighted by molar-refractivity contribution is -0.137. The van der Waals surface area contributed by atoms with Crippen LogP contribution in [0.4, 0.5) is 13.2 Å². The summed E-state index contributed by atoms with van der Waals surface area (Å²) in [4.78, 5) is 0. The van der Waals surface area contributed by atoms with Gasteiger partial charge in [-0.1, -0.05) is 35.0 Å². The van der Waals surface area contributed by atoms with Crippen molar-refractivity contribution in [1.82, 2.24) is 30.5 Å². The first-order valence-electron chi connectivity index (χ1n) is 11.0. The normalized spacial score (nSPS) is 13.8. The van der Waals surface area contributed by atoms with Crippen LogP contribution in [-0.4, -0.2) is 31.7 Å². The van der Waals surface area contributed by atoms with E-state index in [0.717, 1.165) is 42.2 Å². The minimum Gasteiger partial charge on any atom is -0.312 e. The van der Waals surface area contributed by atoms with Gasteiger partial charge in [0.25, 0.3) is 0 Å². The minimum absolute atomic E-state index is 0.332. The molecule has 10 heteroatoms. The average Bonchev–Trinajstić information content (AvgIpc) is 3.50. The first-order chi connectivity index (χ1) is 16.9. The number of halogens is 4. The van der Waals surface area contributed by atoms with Crippen LogP contribution in [0, 0.1) is 0 Å². The summed E-state index contributed by atoms with van der Waals surface area (Å²) in [5.74, 6) is 0. The predicted octanol–water partition coefficient (Wildman–Crippen LogP) is 5.80. The third kappa shape index (κ3) is 3.96. The zero-order chi connectivity index (χ0) is 24.2. The average molecular weight is 495 g/mol. The lowest BCUT2D eigenvalue weighted by atomic mass is 10.0. The number of benzene rings is 3. The zero-order valence-corrected chi connectivity index (χ0v) is 19.0. The molecule has 2 N–H and O–H groups in total. The lowest BCUT2D eigenvalue weighted by Crippen LogP contribution is -2.23. The monoisotopic (exact) mass is 494 g/mol. The molecular formula is C25H18ClF3N6. The second-order valence-corrected chi connectivity index (χ2v) is 8.86. The minimum atomic E-state index is -4.54. The van der Waals surface area contributed by atoms with Crippen LogP contribution in [0.15, 0.2) is 60.8 Å². The molecule has 0 atom stereocenters. The standard InChI is InChI=1S/C25H18ClF3N6/c26-21-5-2-16(11-20(21)25(27,28)29)15-3-6-22-19(10-15)24(33-31-22)23-13-35(34-32-23)18-4-1-14-7-8-30-12-17(14)9-18/h1-6,9-11,13,30H,7-8,12H2,(H,31,33). The Labute approximate surface area is 202 Å². The Morgan fingerprint density at radius 3 is 2.63 bits per heavy atom. The second kappa shape index (κ2) is 8.21. The number of aromatic nitrogens is 5. The summed E-state index contributed by atoms with van der Waals surface area (Å²) < 4.78 is 41.7. The van der Waals surface area contributed by atoms with E-state index in [4.69, 9.17) is 11.6 Å². The number of rotatable bonds is 3. The molecule has 0 spiro atoms. The van der Waals surface area contributed by atoms with E-state index in [0.29, 0.717) is 22.5 Å². The summed E-state index contributed by atoms with van der Waals surface area (Å²) in [6.07, 6.45) is -1.74. The number of nitrogens with one attached hydrogen (secondary N) is 2. The van der Waals surface area contributed by atoms with Crippen LogP contribution in [0.25, 0.3) is 39.1 Å². The molecule has 0 saturated carbocycles. The fourth-order valence-electron chi connectivity index (χ4n) is 4.42. The van der Waals surface area contributed by atoms with E-state index in [1.54, 1.807) is 35.1 Å². The van der Waals surface area contributed by atoms with Crippen molar-refractivity contribution in [3.63, 3.8) is 0 Å². The molecule has 0 bridgehead atoms. The van der Waals surface area contributed by atoms with Gasteiger partial charge in [-0.3, -0.25) is 5.10 Å². The Morgan fingerprint density at radius 2 is 1.77 bits per heavy atom. The summed E-state index contributed by atoms with van der Waals surface area (Å²) in [6.45, 7) is 1.79. The molecule has 0 fully saturated rings. The molecular weight excluding hydrogens is 477 g/mol. The second-order valence-electron chi connectivity index (χ2n) is 8.45. The molecule has 5 aromatic rings. The fraction of sp³-hybridized carbons (Fsp3) is 0.160. The van der Waals surface area contributed by atoms with Gasteiger partial charge in [0.05, 0.1) is 28.0 Å². The van der Waals surface area contributed by atoms with Gasteiger partial charge in [-0.05, 0) is 71.6 Å². The third-order valence-corrected chi connectivity index (χ3v) is 6.57. The molecule has 3 aromatic carbocycles. The van der Waals surface area contributed by atoms with Gasteiger partial charge in [0.1, 0.15) is 11.4 Å². The van der Waals surface area contributed by atoms with Crippen molar-refractivity contribution in [1.29, 1.82) is 0 Å². The Balaban J connectivity index is 1.38. The van der Waals surface area contributed by atoms with E-state index in [-0.39, 0.29) is 5.02 Å². The van der Waals surface area contributed by atoms with E-state index in [2.05, 4.69) is 38.0 Å². The van der Waals surface area contributed by atoms with Crippen molar-refractivity contribution in [3.8, 4) is 28.2 Å².